The molecule has 0 unspecified atom stereocenters. The third kappa shape index (κ3) is 5.43. The van der Waals surface area contributed by atoms with Crippen molar-refractivity contribution in [3.05, 3.63) is 71.3 Å². The first-order chi connectivity index (χ1) is 12.2. The Labute approximate surface area is 151 Å². The molecule has 0 saturated carbocycles. The zero-order valence-electron chi connectivity index (χ0n) is 15.1. The largest absolute Gasteiger partial charge is 0.352 e. The SMILES string of the molecule is Cc1cccc(C(=O)NCC2CCN(CCc3ccccc3)CC2)c1. The molecule has 1 fully saturated rings. The molecule has 0 bridgehead atoms. The first-order valence-corrected chi connectivity index (χ1v) is 9.32. The van der Waals surface area contributed by atoms with Gasteiger partial charge in [-0.05, 0) is 62.9 Å². The topological polar surface area (TPSA) is 32.3 Å². The van der Waals surface area contributed by atoms with Crippen LogP contribution in [0.25, 0.3) is 0 Å². The number of hydrogen-bond acceptors (Lipinski definition) is 2. The molecule has 1 aliphatic rings. The van der Waals surface area contributed by atoms with Gasteiger partial charge in [-0.25, -0.2) is 0 Å². The van der Waals surface area contributed by atoms with E-state index in [1.165, 1.54) is 18.4 Å². The molecular weight excluding hydrogens is 308 g/mol. The van der Waals surface area contributed by atoms with E-state index in [1.54, 1.807) is 0 Å². The standard InChI is InChI=1S/C22H28N2O/c1-18-6-5-9-21(16-18)22(25)23-17-20-11-14-24(15-12-20)13-10-19-7-3-2-4-8-19/h2-9,16,20H,10-15,17H2,1H3,(H,23,25). The first kappa shape index (κ1) is 17.7. The lowest BCUT2D eigenvalue weighted by Gasteiger charge is -2.32. The van der Waals surface area contributed by atoms with Crippen LogP contribution in [0.5, 0.6) is 0 Å². The molecule has 3 heteroatoms. The highest BCUT2D eigenvalue weighted by Crippen LogP contribution is 2.17. The van der Waals surface area contributed by atoms with Crippen LogP contribution < -0.4 is 5.32 Å². The predicted molar refractivity (Wildman–Crippen MR) is 103 cm³/mol. The zero-order valence-corrected chi connectivity index (χ0v) is 15.1. The summed E-state index contributed by atoms with van der Waals surface area (Å²) in [7, 11) is 0. The molecule has 0 aliphatic carbocycles. The second kappa shape index (κ2) is 8.82. The van der Waals surface area contributed by atoms with Gasteiger partial charge in [-0.3, -0.25) is 4.79 Å². The van der Waals surface area contributed by atoms with E-state index >= 15 is 0 Å². The third-order valence-electron chi connectivity index (χ3n) is 5.10. The van der Waals surface area contributed by atoms with Crippen LogP contribution in [0.3, 0.4) is 0 Å². The summed E-state index contributed by atoms with van der Waals surface area (Å²) in [5.41, 5.74) is 3.30. The van der Waals surface area contributed by atoms with Crippen molar-refractivity contribution in [2.75, 3.05) is 26.2 Å². The van der Waals surface area contributed by atoms with Crippen LogP contribution in [-0.4, -0.2) is 37.0 Å². The molecule has 3 rings (SSSR count). The van der Waals surface area contributed by atoms with Gasteiger partial charge < -0.3 is 10.2 Å². The van der Waals surface area contributed by atoms with Gasteiger partial charge in [0.05, 0.1) is 0 Å². The number of carbonyl (C=O) groups excluding carboxylic acids is 1. The number of amides is 1. The van der Waals surface area contributed by atoms with Crippen molar-refractivity contribution in [3.8, 4) is 0 Å². The van der Waals surface area contributed by atoms with Gasteiger partial charge in [-0.2, -0.15) is 0 Å². The zero-order chi connectivity index (χ0) is 17.5. The van der Waals surface area contributed by atoms with E-state index in [0.717, 1.165) is 43.7 Å². The summed E-state index contributed by atoms with van der Waals surface area (Å²) < 4.78 is 0. The Balaban J connectivity index is 1.37. The molecule has 0 spiro atoms. The van der Waals surface area contributed by atoms with Crippen LogP contribution in [0.2, 0.25) is 0 Å². The van der Waals surface area contributed by atoms with Crippen molar-refractivity contribution in [1.82, 2.24) is 10.2 Å². The minimum Gasteiger partial charge on any atom is -0.352 e. The number of hydrogen-bond donors (Lipinski definition) is 1. The average Bonchev–Trinajstić information content (AvgIpc) is 2.66. The van der Waals surface area contributed by atoms with Gasteiger partial charge in [0.1, 0.15) is 0 Å². The molecule has 3 nitrogen and oxygen atoms in total. The van der Waals surface area contributed by atoms with E-state index in [0.29, 0.717) is 5.92 Å². The fourth-order valence-corrected chi connectivity index (χ4v) is 3.47. The van der Waals surface area contributed by atoms with Gasteiger partial charge in [-0.15, -0.1) is 0 Å². The Morgan fingerprint density at radius 1 is 1.08 bits per heavy atom. The Morgan fingerprint density at radius 3 is 2.56 bits per heavy atom. The molecule has 1 N–H and O–H groups in total. The second-order valence-electron chi connectivity index (χ2n) is 7.10. The van der Waals surface area contributed by atoms with Crippen molar-refractivity contribution in [2.24, 2.45) is 5.92 Å². The molecule has 0 aromatic heterocycles. The minimum absolute atomic E-state index is 0.0511. The van der Waals surface area contributed by atoms with E-state index in [2.05, 4.69) is 40.5 Å². The lowest BCUT2D eigenvalue weighted by atomic mass is 9.96. The normalized spacial score (nSPS) is 15.9. The molecule has 25 heavy (non-hydrogen) atoms. The summed E-state index contributed by atoms with van der Waals surface area (Å²) in [5.74, 6) is 0.650. The van der Waals surface area contributed by atoms with E-state index in [1.807, 2.05) is 31.2 Å². The first-order valence-electron chi connectivity index (χ1n) is 9.32. The van der Waals surface area contributed by atoms with E-state index in [4.69, 9.17) is 0 Å². The lowest BCUT2D eigenvalue weighted by molar-refractivity contribution is 0.0936. The van der Waals surface area contributed by atoms with Crippen LogP contribution >= 0.6 is 0 Å². The molecule has 1 amide bonds. The van der Waals surface area contributed by atoms with Gasteiger partial charge in [0.15, 0.2) is 0 Å². The fourth-order valence-electron chi connectivity index (χ4n) is 3.47. The molecule has 0 radical (unpaired) electrons. The van der Waals surface area contributed by atoms with Gasteiger partial charge in [0.2, 0.25) is 0 Å². The molecule has 132 valence electrons. The summed E-state index contributed by atoms with van der Waals surface area (Å²) in [5, 5.41) is 3.11. The molecule has 2 aromatic rings. The molecule has 0 atom stereocenters. The lowest BCUT2D eigenvalue weighted by Crippen LogP contribution is -2.39. The van der Waals surface area contributed by atoms with Crippen LogP contribution in [0.1, 0.15) is 34.3 Å². The average molecular weight is 336 g/mol. The molecule has 1 saturated heterocycles. The summed E-state index contributed by atoms with van der Waals surface area (Å²) >= 11 is 0. The number of nitrogens with zero attached hydrogens (tertiary/aromatic N) is 1. The van der Waals surface area contributed by atoms with Crippen molar-refractivity contribution in [3.63, 3.8) is 0 Å². The van der Waals surface area contributed by atoms with Gasteiger partial charge >= 0.3 is 0 Å². The summed E-state index contributed by atoms with van der Waals surface area (Å²) in [6, 6.07) is 18.5. The van der Waals surface area contributed by atoms with Crippen LogP contribution in [0, 0.1) is 12.8 Å². The number of rotatable bonds is 6. The van der Waals surface area contributed by atoms with Crippen molar-refractivity contribution < 1.29 is 4.79 Å². The highest BCUT2D eigenvalue weighted by Gasteiger charge is 2.19. The molecule has 1 aliphatic heterocycles. The number of benzene rings is 2. The number of aryl methyl sites for hydroxylation is 1. The maximum Gasteiger partial charge on any atom is 0.251 e. The highest BCUT2D eigenvalue weighted by atomic mass is 16.1. The molecular formula is C22H28N2O. The number of carbonyl (C=O) groups is 1. The van der Waals surface area contributed by atoms with E-state index < -0.39 is 0 Å². The highest BCUT2D eigenvalue weighted by molar-refractivity contribution is 5.94. The van der Waals surface area contributed by atoms with Crippen molar-refractivity contribution in [1.29, 1.82) is 0 Å². The Hall–Kier alpha value is -2.13. The number of piperidine rings is 1. The molecule has 1 heterocycles. The van der Waals surface area contributed by atoms with Gasteiger partial charge in [0.25, 0.3) is 5.91 Å². The van der Waals surface area contributed by atoms with E-state index in [-0.39, 0.29) is 5.91 Å². The van der Waals surface area contributed by atoms with Crippen molar-refractivity contribution >= 4 is 5.91 Å². The minimum atomic E-state index is 0.0511. The van der Waals surface area contributed by atoms with Crippen LogP contribution in [-0.2, 0) is 6.42 Å². The predicted octanol–water partition coefficient (Wildman–Crippen LogP) is 3.68. The number of likely N-dealkylation sites (tertiary alicyclic amines) is 1. The van der Waals surface area contributed by atoms with Gasteiger partial charge in [-0.1, -0.05) is 48.0 Å². The summed E-state index contributed by atoms with van der Waals surface area (Å²) in [6.45, 7) is 6.21. The second-order valence-corrected chi connectivity index (χ2v) is 7.10. The maximum atomic E-state index is 12.2. The maximum absolute atomic E-state index is 12.2. The fraction of sp³-hybridized carbons (Fsp3) is 0.409. The number of nitrogens with one attached hydrogen (secondary N) is 1. The summed E-state index contributed by atoms with van der Waals surface area (Å²) in [4.78, 5) is 14.8. The van der Waals surface area contributed by atoms with Crippen LogP contribution in [0.4, 0.5) is 0 Å². The van der Waals surface area contributed by atoms with E-state index in [9.17, 15) is 4.79 Å². The Morgan fingerprint density at radius 2 is 1.84 bits per heavy atom. The van der Waals surface area contributed by atoms with Crippen molar-refractivity contribution in [2.45, 2.75) is 26.2 Å². The summed E-state index contributed by atoms with van der Waals surface area (Å²) in [6.07, 6.45) is 3.46. The molecule has 2 aromatic carbocycles. The van der Waals surface area contributed by atoms with Crippen LogP contribution in [0.15, 0.2) is 54.6 Å². The quantitative estimate of drug-likeness (QED) is 0.873. The smallest absolute Gasteiger partial charge is 0.251 e. The Bertz CT molecular complexity index is 675. The van der Waals surface area contributed by atoms with Gasteiger partial charge in [0, 0.05) is 18.7 Å². The monoisotopic (exact) mass is 336 g/mol. The Kier molecular flexibility index (Phi) is 6.24. The third-order valence-corrected chi connectivity index (χ3v) is 5.10.